The van der Waals surface area contributed by atoms with E-state index in [9.17, 15) is 4.79 Å². The lowest BCUT2D eigenvalue weighted by Crippen LogP contribution is -2.41. The first-order chi connectivity index (χ1) is 9.63. The Hall–Kier alpha value is -1.16. The maximum Gasteiger partial charge on any atom is 0.260 e. The minimum atomic E-state index is 0.130. The maximum atomic E-state index is 12.2. The molecular formula is C16H21NO2S. The van der Waals surface area contributed by atoms with Crippen LogP contribution in [0.1, 0.15) is 31.7 Å². The normalized spacial score (nSPS) is 24.4. The van der Waals surface area contributed by atoms with Crippen LogP contribution in [0.3, 0.4) is 0 Å². The van der Waals surface area contributed by atoms with Crippen molar-refractivity contribution >= 4 is 17.7 Å². The topological polar surface area (TPSA) is 29.5 Å². The van der Waals surface area contributed by atoms with Gasteiger partial charge in [0.15, 0.2) is 6.61 Å². The fourth-order valence-corrected chi connectivity index (χ4v) is 4.32. The Labute approximate surface area is 124 Å². The smallest absolute Gasteiger partial charge is 0.260 e. The second-order valence-electron chi connectivity index (χ2n) is 5.90. The van der Waals surface area contributed by atoms with Crippen molar-refractivity contribution in [2.24, 2.45) is 0 Å². The third kappa shape index (κ3) is 2.80. The maximum absolute atomic E-state index is 12.2. The number of hydrogen-bond donors (Lipinski definition) is 0. The third-order valence-electron chi connectivity index (χ3n) is 4.13. The SMILES string of the molecule is CC(C)c1ccc(OCC(=O)N2C[C@H]3C[C@H]2CS3)cc1. The molecule has 1 aromatic rings. The molecule has 2 saturated heterocycles. The minimum Gasteiger partial charge on any atom is -0.484 e. The molecule has 1 aromatic carbocycles. The molecule has 3 rings (SSSR count). The van der Waals surface area contributed by atoms with Crippen LogP contribution in [0.4, 0.5) is 0 Å². The predicted octanol–water partition coefficient (Wildman–Crippen LogP) is 2.91. The van der Waals surface area contributed by atoms with Gasteiger partial charge in [0.1, 0.15) is 5.75 Å². The second kappa shape index (κ2) is 5.68. The monoisotopic (exact) mass is 291 g/mol. The lowest BCUT2D eigenvalue weighted by Gasteiger charge is -2.26. The predicted molar refractivity (Wildman–Crippen MR) is 82.4 cm³/mol. The summed E-state index contributed by atoms with van der Waals surface area (Å²) in [6.07, 6.45) is 1.17. The zero-order valence-corrected chi connectivity index (χ0v) is 12.9. The van der Waals surface area contributed by atoms with E-state index in [1.165, 1.54) is 12.0 Å². The molecule has 0 unspecified atom stereocenters. The summed E-state index contributed by atoms with van der Waals surface area (Å²) >= 11 is 2.00. The Morgan fingerprint density at radius 2 is 2.15 bits per heavy atom. The van der Waals surface area contributed by atoms with Gasteiger partial charge in [-0.25, -0.2) is 0 Å². The molecule has 2 aliphatic heterocycles. The Bertz CT molecular complexity index is 486. The number of rotatable bonds is 4. The van der Waals surface area contributed by atoms with E-state index in [4.69, 9.17) is 4.74 Å². The number of likely N-dealkylation sites (tertiary alicyclic amines) is 1. The molecule has 0 saturated carbocycles. The molecular weight excluding hydrogens is 270 g/mol. The summed E-state index contributed by atoms with van der Waals surface area (Å²) in [7, 11) is 0. The summed E-state index contributed by atoms with van der Waals surface area (Å²) in [4.78, 5) is 14.2. The molecule has 0 aliphatic carbocycles. The van der Waals surface area contributed by atoms with Gasteiger partial charge in [0, 0.05) is 23.6 Å². The minimum absolute atomic E-state index is 0.130. The van der Waals surface area contributed by atoms with Gasteiger partial charge in [-0.15, -0.1) is 0 Å². The largest absolute Gasteiger partial charge is 0.484 e. The van der Waals surface area contributed by atoms with Gasteiger partial charge in [-0.05, 0) is 30.0 Å². The van der Waals surface area contributed by atoms with Gasteiger partial charge >= 0.3 is 0 Å². The number of thioether (sulfide) groups is 1. The second-order valence-corrected chi connectivity index (χ2v) is 7.24. The highest BCUT2D eigenvalue weighted by Gasteiger charge is 2.40. The summed E-state index contributed by atoms with van der Waals surface area (Å²) in [5.41, 5.74) is 1.29. The molecule has 20 heavy (non-hydrogen) atoms. The van der Waals surface area contributed by atoms with E-state index in [0.717, 1.165) is 18.0 Å². The lowest BCUT2D eigenvalue weighted by molar-refractivity contribution is -0.133. The van der Waals surface area contributed by atoms with E-state index in [1.54, 1.807) is 0 Å². The van der Waals surface area contributed by atoms with Crippen molar-refractivity contribution < 1.29 is 9.53 Å². The molecule has 4 heteroatoms. The summed E-state index contributed by atoms with van der Waals surface area (Å²) in [6, 6.07) is 8.49. The van der Waals surface area contributed by atoms with Crippen LogP contribution in [-0.4, -0.2) is 41.0 Å². The summed E-state index contributed by atoms with van der Waals surface area (Å²) in [5.74, 6) is 2.52. The van der Waals surface area contributed by atoms with Crippen molar-refractivity contribution in [3.63, 3.8) is 0 Å². The van der Waals surface area contributed by atoms with Crippen LogP contribution in [-0.2, 0) is 4.79 Å². The van der Waals surface area contributed by atoms with E-state index in [0.29, 0.717) is 17.2 Å². The average Bonchev–Trinajstić information content (AvgIpc) is 3.08. The number of carbonyl (C=O) groups is 1. The lowest BCUT2D eigenvalue weighted by atomic mass is 10.0. The van der Waals surface area contributed by atoms with Crippen LogP contribution >= 0.6 is 11.8 Å². The Kier molecular flexibility index (Phi) is 3.92. The number of benzene rings is 1. The zero-order chi connectivity index (χ0) is 14.1. The van der Waals surface area contributed by atoms with Gasteiger partial charge in [-0.1, -0.05) is 26.0 Å². The quantitative estimate of drug-likeness (QED) is 0.854. The fraction of sp³-hybridized carbons (Fsp3) is 0.562. The van der Waals surface area contributed by atoms with Crippen LogP contribution in [0.5, 0.6) is 5.75 Å². The molecule has 108 valence electrons. The first-order valence-electron chi connectivity index (χ1n) is 7.27. The van der Waals surface area contributed by atoms with Crippen molar-refractivity contribution in [1.29, 1.82) is 0 Å². The zero-order valence-electron chi connectivity index (χ0n) is 12.0. The molecule has 2 fully saturated rings. The van der Waals surface area contributed by atoms with Crippen molar-refractivity contribution in [3.8, 4) is 5.75 Å². The molecule has 0 N–H and O–H groups in total. The summed E-state index contributed by atoms with van der Waals surface area (Å²) in [6.45, 7) is 5.40. The van der Waals surface area contributed by atoms with Crippen LogP contribution in [0.2, 0.25) is 0 Å². The number of carbonyl (C=O) groups excluding carboxylic acids is 1. The van der Waals surface area contributed by atoms with E-state index >= 15 is 0 Å². The first kappa shape index (κ1) is 13.8. The fourth-order valence-electron chi connectivity index (χ4n) is 2.88. The number of ether oxygens (including phenoxy) is 1. The van der Waals surface area contributed by atoms with Crippen molar-refractivity contribution in [1.82, 2.24) is 4.90 Å². The number of fused-ring (bicyclic) bond motifs is 2. The van der Waals surface area contributed by atoms with Gasteiger partial charge in [0.25, 0.3) is 5.91 Å². The van der Waals surface area contributed by atoms with Crippen molar-refractivity contribution in [2.75, 3.05) is 18.9 Å². The summed E-state index contributed by atoms with van der Waals surface area (Å²) in [5, 5.41) is 0.661. The van der Waals surface area contributed by atoms with E-state index < -0.39 is 0 Å². The third-order valence-corrected chi connectivity index (χ3v) is 5.52. The first-order valence-corrected chi connectivity index (χ1v) is 8.32. The Balaban J connectivity index is 1.53. The molecule has 2 bridgehead atoms. The number of nitrogens with zero attached hydrogens (tertiary/aromatic N) is 1. The standard InChI is InChI=1S/C16H21NO2S/c1-11(2)12-3-5-14(6-4-12)19-9-16(18)17-8-15-7-13(17)10-20-15/h3-6,11,13,15H,7-10H2,1-2H3/t13-,15+/m0/s1. The summed E-state index contributed by atoms with van der Waals surface area (Å²) < 4.78 is 5.62. The molecule has 2 aliphatic rings. The highest BCUT2D eigenvalue weighted by Crippen LogP contribution is 2.37. The van der Waals surface area contributed by atoms with Gasteiger partial charge in [0.2, 0.25) is 0 Å². The highest BCUT2D eigenvalue weighted by atomic mass is 32.2. The number of amides is 1. The van der Waals surface area contributed by atoms with E-state index in [-0.39, 0.29) is 12.5 Å². The van der Waals surface area contributed by atoms with Crippen LogP contribution in [0.25, 0.3) is 0 Å². The van der Waals surface area contributed by atoms with E-state index in [1.807, 2.05) is 28.8 Å². The molecule has 0 radical (unpaired) electrons. The van der Waals surface area contributed by atoms with Crippen molar-refractivity contribution in [3.05, 3.63) is 29.8 Å². The van der Waals surface area contributed by atoms with Crippen LogP contribution in [0.15, 0.2) is 24.3 Å². The van der Waals surface area contributed by atoms with E-state index in [2.05, 4.69) is 26.0 Å². The number of hydrogen-bond acceptors (Lipinski definition) is 3. The highest BCUT2D eigenvalue weighted by molar-refractivity contribution is 8.00. The van der Waals surface area contributed by atoms with Gasteiger partial charge in [-0.2, -0.15) is 11.8 Å². The Morgan fingerprint density at radius 3 is 2.70 bits per heavy atom. The average molecular weight is 291 g/mol. The van der Waals surface area contributed by atoms with Gasteiger partial charge < -0.3 is 9.64 Å². The molecule has 1 amide bonds. The molecule has 2 atom stereocenters. The van der Waals surface area contributed by atoms with Gasteiger partial charge in [-0.3, -0.25) is 4.79 Å². The van der Waals surface area contributed by atoms with Crippen molar-refractivity contribution in [2.45, 2.75) is 37.5 Å². The molecule has 3 nitrogen and oxygen atoms in total. The van der Waals surface area contributed by atoms with Gasteiger partial charge in [0.05, 0.1) is 0 Å². The molecule has 0 aromatic heterocycles. The van der Waals surface area contributed by atoms with Crippen LogP contribution < -0.4 is 4.74 Å². The molecule has 2 heterocycles. The molecule has 0 spiro atoms. The Morgan fingerprint density at radius 1 is 1.40 bits per heavy atom. The van der Waals surface area contributed by atoms with Crippen LogP contribution in [0, 0.1) is 0 Å².